The van der Waals surface area contributed by atoms with Crippen LogP contribution < -0.4 is 4.74 Å². The van der Waals surface area contributed by atoms with Crippen molar-refractivity contribution in [2.75, 3.05) is 7.11 Å². The quantitative estimate of drug-likeness (QED) is 0.579. The van der Waals surface area contributed by atoms with Crippen molar-refractivity contribution in [3.8, 4) is 28.1 Å². The second kappa shape index (κ2) is 7.56. The van der Waals surface area contributed by atoms with Crippen LogP contribution in [0.4, 0.5) is 0 Å². The Bertz CT molecular complexity index is 822. The number of benzene rings is 2. The molecule has 3 rings (SSSR count). The first-order valence-electron chi connectivity index (χ1n) is 8.95. The van der Waals surface area contributed by atoms with Crippen molar-refractivity contribution in [2.24, 2.45) is 0 Å². The predicted molar refractivity (Wildman–Crippen MR) is 102 cm³/mol. The molecule has 0 bridgehead atoms. The average molecular weight is 335 g/mol. The lowest BCUT2D eigenvalue weighted by Gasteiger charge is -2.14. The highest BCUT2D eigenvalue weighted by atomic mass is 16.5. The number of rotatable bonds is 6. The molecule has 0 fully saturated rings. The fourth-order valence-electron chi connectivity index (χ4n) is 3.44. The number of hydrogen-bond acceptors (Lipinski definition) is 3. The fourth-order valence-corrected chi connectivity index (χ4v) is 3.44. The molecular weight excluding hydrogens is 310 g/mol. The molecule has 1 aromatic heterocycles. The third kappa shape index (κ3) is 3.32. The molecule has 3 nitrogen and oxygen atoms in total. The maximum absolute atomic E-state index is 5.33. The maximum Gasteiger partial charge on any atom is 0.132 e. The summed E-state index contributed by atoms with van der Waals surface area (Å²) in [6.45, 7) is 6.65. The maximum atomic E-state index is 5.33. The summed E-state index contributed by atoms with van der Waals surface area (Å²) >= 11 is 0. The summed E-state index contributed by atoms with van der Waals surface area (Å²) in [7, 11) is 1.67. The van der Waals surface area contributed by atoms with Crippen LogP contribution in [-0.4, -0.2) is 12.3 Å². The van der Waals surface area contributed by atoms with Gasteiger partial charge >= 0.3 is 0 Å². The lowest BCUT2D eigenvalue weighted by Crippen LogP contribution is -1.99. The second-order valence-corrected chi connectivity index (χ2v) is 6.14. The van der Waals surface area contributed by atoms with Gasteiger partial charge < -0.3 is 9.26 Å². The summed E-state index contributed by atoms with van der Waals surface area (Å²) in [5, 5.41) is 4.31. The standard InChI is InChI=1S/C22H25NO2/c1-5-15-12-18(13-16(6-2)20(15)7-3)22-21(14-25-23-22)17-8-10-19(24-4)11-9-17/h8-14H,5-7H2,1-4H3. The van der Waals surface area contributed by atoms with Crippen LogP contribution in [0.1, 0.15) is 37.5 Å². The molecule has 0 saturated carbocycles. The van der Waals surface area contributed by atoms with Crippen molar-refractivity contribution in [3.63, 3.8) is 0 Å². The largest absolute Gasteiger partial charge is 0.497 e. The van der Waals surface area contributed by atoms with Gasteiger partial charge in [-0.25, -0.2) is 0 Å². The molecule has 0 aliphatic carbocycles. The van der Waals surface area contributed by atoms with Crippen LogP contribution in [0, 0.1) is 0 Å². The lowest BCUT2D eigenvalue weighted by molar-refractivity contribution is 0.415. The number of ether oxygens (including phenoxy) is 1. The van der Waals surface area contributed by atoms with E-state index in [0.717, 1.165) is 47.4 Å². The van der Waals surface area contributed by atoms with Gasteiger partial charge in [-0.2, -0.15) is 0 Å². The van der Waals surface area contributed by atoms with Gasteiger partial charge in [0.25, 0.3) is 0 Å². The number of hydrogen-bond donors (Lipinski definition) is 0. The van der Waals surface area contributed by atoms with Crippen molar-refractivity contribution in [1.29, 1.82) is 0 Å². The van der Waals surface area contributed by atoms with E-state index in [0.29, 0.717) is 0 Å². The molecule has 0 amide bonds. The minimum atomic E-state index is 0.843. The predicted octanol–water partition coefficient (Wildman–Crippen LogP) is 5.70. The van der Waals surface area contributed by atoms with E-state index in [1.807, 2.05) is 24.3 Å². The second-order valence-electron chi connectivity index (χ2n) is 6.14. The Labute approximate surface area is 149 Å². The van der Waals surface area contributed by atoms with Gasteiger partial charge in [-0.05, 0) is 65.8 Å². The highest BCUT2D eigenvalue weighted by Gasteiger charge is 2.16. The fraction of sp³-hybridized carbons (Fsp3) is 0.318. The molecule has 3 heteroatoms. The molecular formula is C22H25NO2. The molecule has 0 aliphatic heterocycles. The molecule has 0 saturated heterocycles. The van der Waals surface area contributed by atoms with E-state index < -0.39 is 0 Å². The van der Waals surface area contributed by atoms with Crippen LogP contribution in [0.5, 0.6) is 5.75 Å². The smallest absolute Gasteiger partial charge is 0.132 e. The van der Waals surface area contributed by atoms with Crippen molar-refractivity contribution in [2.45, 2.75) is 40.0 Å². The zero-order valence-corrected chi connectivity index (χ0v) is 15.4. The number of nitrogens with zero attached hydrogens (tertiary/aromatic N) is 1. The van der Waals surface area contributed by atoms with Crippen molar-refractivity contribution >= 4 is 0 Å². The van der Waals surface area contributed by atoms with E-state index in [9.17, 15) is 0 Å². The number of aryl methyl sites for hydroxylation is 2. The van der Waals surface area contributed by atoms with Crippen LogP contribution in [0.25, 0.3) is 22.4 Å². The van der Waals surface area contributed by atoms with Gasteiger partial charge in [0.15, 0.2) is 0 Å². The Balaban J connectivity index is 2.10. The molecule has 2 aromatic carbocycles. The molecule has 0 N–H and O–H groups in total. The van der Waals surface area contributed by atoms with Crippen LogP contribution in [0.3, 0.4) is 0 Å². The first-order valence-corrected chi connectivity index (χ1v) is 8.95. The van der Waals surface area contributed by atoms with Gasteiger partial charge in [0.2, 0.25) is 0 Å². The van der Waals surface area contributed by atoms with E-state index in [2.05, 4.69) is 38.1 Å². The van der Waals surface area contributed by atoms with Gasteiger partial charge in [0.1, 0.15) is 17.7 Å². The molecule has 25 heavy (non-hydrogen) atoms. The van der Waals surface area contributed by atoms with Gasteiger partial charge in [-0.15, -0.1) is 0 Å². The third-order valence-corrected chi connectivity index (χ3v) is 4.79. The van der Waals surface area contributed by atoms with E-state index >= 15 is 0 Å². The minimum Gasteiger partial charge on any atom is -0.497 e. The Morgan fingerprint density at radius 1 is 0.880 bits per heavy atom. The van der Waals surface area contributed by atoms with Crippen molar-refractivity contribution in [1.82, 2.24) is 5.16 Å². The number of methoxy groups -OCH3 is 1. The summed E-state index contributed by atoms with van der Waals surface area (Å²) in [5.41, 5.74) is 8.40. The average Bonchev–Trinajstić information content (AvgIpc) is 3.16. The van der Waals surface area contributed by atoms with Crippen LogP contribution >= 0.6 is 0 Å². The van der Waals surface area contributed by atoms with E-state index in [4.69, 9.17) is 9.26 Å². The third-order valence-electron chi connectivity index (χ3n) is 4.79. The van der Waals surface area contributed by atoms with E-state index in [-0.39, 0.29) is 0 Å². The topological polar surface area (TPSA) is 35.3 Å². The molecule has 0 atom stereocenters. The van der Waals surface area contributed by atoms with Crippen molar-refractivity contribution in [3.05, 3.63) is 59.4 Å². The van der Waals surface area contributed by atoms with Crippen LogP contribution in [0.15, 0.2) is 47.2 Å². The highest BCUT2D eigenvalue weighted by Crippen LogP contribution is 2.34. The van der Waals surface area contributed by atoms with E-state index in [1.54, 1.807) is 13.4 Å². The molecule has 0 spiro atoms. The van der Waals surface area contributed by atoms with Gasteiger partial charge in [-0.3, -0.25) is 0 Å². The summed E-state index contributed by atoms with van der Waals surface area (Å²) in [6.07, 6.45) is 4.85. The Kier molecular flexibility index (Phi) is 5.22. The van der Waals surface area contributed by atoms with Crippen LogP contribution in [0.2, 0.25) is 0 Å². The summed E-state index contributed by atoms with van der Waals surface area (Å²) in [5.74, 6) is 0.843. The van der Waals surface area contributed by atoms with E-state index in [1.165, 1.54) is 16.7 Å². The van der Waals surface area contributed by atoms with Gasteiger partial charge in [-0.1, -0.05) is 38.1 Å². The summed E-state index contributed by atoms with van der Waals surface area (Å²) in [6, 6.07) is 12.5. The zero-order valence-electron chi connectivity index (χ0n) is 15.4. The SMILES string of the molecule is CCc1cc(-c2nocc2-c2ccc(OC)cc2)cc(CC)c1CC. The first-order chi connectivity index (χ1) is 12.2. The lowest BCUT2D eigenvalue weighted by atomic mass is 9.91. The molecule has 3 aromatic rings. The molecule has 1 heterocycles. The zero-order chi connectivity index (χ0) is 17.8. The monoisotopic (exact) mass is 335 g/mol. The minimum absolute atomic E-state index is 0.843. The summed E-state index contributed by atoms with van der Waals surface area (Å²) in [4.78, 5) is 0. The normalized spacial score (nSPS) is 10.9. The van der Waals surface area contributed by atoms with Gasteiger partial charge in [0.05, 0.1) is 7.11 Å². The Hall–Kier alpha value is -2.55. The first kappa shape index (κ1) is 17.3. The Morgan fingerprint density at radius 3 is 2.04 bits per heavy atom. The highest BCUT2D eigenvalue weighted by molar-refractivity contribution is 5.80. The van der Waals surface area contributed by atoms with Crippen LogP contribution in [-0.2, 0) is 19.3 Å². The number of aromatic nitrogens is 1. The molecule has 130 valence electrons. The summed E-state index contributed by atoms with van der Waals surface area (Å²) < 4.78 is 10.6. The molecule has 0 radical (unpaired) electrons. The molecule has 0 aliphatic rings. The van der Waals surface area contributed by atoms with Gasteiger partial charge in [0, 0.05) is 11.1 Å². The molecule has 0 unspecified atom stereocenters. The Morgan fingerprint density at radius 2 is 1.52 bits per heavy atom. The van der Waals surface area contributed by atoms with Crippen molar-refractivity contribution < 1.29 is 9.26 Å².